The van der Waals surface area contributed by atoms with E-state index in [4.69, 9.17) is 0 Å². The monoisotopic (exact) mass is 251 g/mol. The van der Waals surface area contributed by atoms with E-state index < -0.39 is 9.84 Å². The molecule has 92 valence electrons. The smallest absolute Gasteiger partial charge is 0.147 e. The molecule has 0 spiro atoms. The van der Waals surface area contributed by atoms with Crippen LogP contribution >= 0.6 is 0 Å². The van der Waals surface area contributed by atoms with Crippen molar-refractivity contribution in [3.63, 3.8) is 0 Å². The first-order valence-corrected chi connectivity index (χ1v) is 7.56. The zero-order valence-electron chi connectivity index (χ0n) is 9.94. The summed E-state index contributed by atoms with van der Waals surface area (Å²) in [5.74, 6) is 6.24. The standard InChI is InChI=1S/C13H17NO2S/c1-17(15,16)12-6-11-14-10-5-9-13-7-3-2-4-8-13/h2-4,7-8,14H,6,10-12H2,1H3. The summed E-state index contributed by atoms with van der Waals surface area (Å²) in [6.45, 7) is 1.26. The summed E-state index contributed by atoms with van der Waals surface area (Å²) in [7, 11) is -2.84. The van der Waals surface area contributed by atoms with Gasteiger partial charge in [-0.25, -0.2) is 8.42 Å². The highest BCUT2D eigenvalue weighted by atomic mass is 32.2. The fraction of sp³-hybridized carbons (Fsp3) is 0.385. The number of hydrogen-bond donors (Lipinski definition) is 1. The third-order valence-corrected chi connectivity index (χ3v) is 3.12. The van der Waals surface area contributed by atoms with Gasteiger partial charge in [-0.15, -0.1) is 0 Å². The van der Waals surface area contributed by atoms with Gasteiger partial charge < -0.3 is 5.32 Å². The van der Waals surface area contributed by atoms with Gasteiger partial charge >= 0.3 is 0 Å². The molecule has 0 bridgehead atoms. The van der Waals surface area contributed by atoms with Gasteiger partial charge in [-0.05, 0) is 25.1 Å². The molecular weight excluding hydrogens is 234 g/mol. The minimum absolute atomic E-state index is 0.228. The SMILES string of the molecule is CS(=O)(=O)CCCNCC#Cc1ccccc1. The van der Waals surface area contributed by atoms with Crippen LogP contribution in [0, 0.1) is 11.8 Å². The van der Waals surface area contributed by atoms with Gasteiger partial charge in [-0.1, -0.05) is 30.0 Å². The van der Waals surface area contributed by atoms with Gasteiger partial charge in [-0.3, -0.25) is 0 Å². The molecule has 3 nitrogen and oxygen atoms in total. The minimum Gasteiger partial charge on any atom is -0.306 e. The molecular formula is C13H17NO2S. The van der Waals surface area contributed by atoms with Crippen LogP contribution in [0.5, 0.6) is 0 Å². The van der Waals surface area contributed by atoms with Crippen molar-refractivity contribution in [1.82, 2.24) is 5.32 Å². The van der Waals surface area contributed by atoms with Crippen molar-refractivity contribution < 1.29 is 8.42 Å². The lowest BCUT2D eigenvalue weighted by Crippen LogP contribution is -2.18. The van der Waals surface area contributed by atoms with Crippen molar-refractivity contribution >= 4 is 9.84 Å². The summed E-state index contributed by atoms with van der Waals surface area (Å²) >= 11 is 0. The predicted molar refractivity (Wildman–Crippen MR) is 70.5 cm³/mol. The summed E-state index contributed by atoms with van der Waals surface area (Å²) < 4.78 is 21.7. The lowest BCUT2D eigenvalue weighted by Gasteiger charge is -1.99. The number of nitrogens with one attached hydrogen (secondary N) is 1. The first-order chi connectivity index (χ1) is 8.08. The third-order valence-electron chi connectivity index (χ3n) is 2.09. The summed E-state index contributed by atoms with van der Waals surface area (Å²) in [4.78, 5) is 0. The van der Waals surface area contributed by atoms with Crippen molar-refractivity contribution in [1.29, 1.82) is 0 Å². The van der Waals surface area contributed by atoms with E-state index in [9.17, 15) is 8.42 Å². The zero-order valence-corrected chi connectivity index (χ0v) is 10.8. The Kier molecular flexibility index (Phi) is 5.75. The van der Waals surface area contributed by atoms with E-state index in [1.54, 1.807) is 0 Å². The number of hydrogen-bond acceptors (Lipinski definition) is 3. The molecule has 0 aliphatic carbocycles. The lowest BCUT2D eigenvalue weighted by atomic mass is 10.2. The fourth-order valence-electron chi connectivity index (χ4n) is 1.28. The van der Waals surface area contributed by atoms with Gasteiger partial charge in [0, 0.05) is 11.8 Å². The molecule has 0 atom stereocenters. The van der Waals surface area contributed by atoms with Crippen LogP contribution in [0.3, 0.4) is 0 Å². The van der Waals surface area contributed by atoms with Crippen molar-refractivity contribution in [2.75, 3.05) is 25.1 Å². The highest BCUT2D eigenvalue weighted by molar-refractivity contribution is 7.90. The number of rotatable bonds is 5. The van der Waals surface area contributed by atoms with Gasteiger partial charge in [0.25, 0.3) is 0 Å². The summed E-state index contributed by atoms with van der Waals surface area (Å²) in [6, 6.07) is 9.76. The second-order valence-corrected chi connectivity index (χ2v) is 6.09. The average Bonchev–Trinajstić information content (AvgIpc) is 2.28. The molecule has 17 heavy (non-hydrogen) atoms. The van der Waals surface area contributed by atoms with Crippen LogP contribution in [-0.2, 0) is 9.84 Å². The van der Waals surface area contributed by atoms with Gasteiger partial charge in [0.15, 0.2) is 0 Å². The van der Waals surface area contributed by atoms with Crippen molar-refractivity contribution in [2.24, 2.45) is 0 Å². The molecule has 0 aliphatic heterocycles. The first kappa shape index (κ1) is 13.8. The molecule has 1 aromatic carbocycles. The molecule has 0 aromatic heterocycles. The Hall–Kier alpha value is -1.31. The van der Waals surface area contributed by atoms with E-state index in [0.717, 1.165) is 5.56 Å². The Morgan fingerprint density at radius 3 is 2.59 bits per heavy atom. The highest BCUT2D eigenvalue weighted by Gasteiger charge is 1.99. The summed E-state index contributed by atoms with van der Waals surface area (Å²) in [5.41, 5.74) is 0.991. The molecule has 0 saturated carbocycles. The molecule has 1 N–H and O–H groups in total. The van der Waals surface area contributed by atoms with E-state index in [1.165, 1.54) is 6.26 Å². The maximum absolute atomic E-state index is 10.8. The predicted octanol–water partition coefficient (Wildman–Crippen LogP) is 1.06. The van der Waals surface area contributed by atoms with Crippen LogP contribution in [0.1, 0.15) is 12.0 Å². The molecule has 0 heterocycles. The molecule has 1 rings (SSSR count). The van der Waals surface area contributed by atoms with Crippen LogP contribution < -0.4 is 5.32 Å². The van der Waals surface area contributed by atoms with Crippen molar-refractivity contribution in [3.05, 3.63) is 35.9 Å². The molecule has 0 amide bonds. The maximum Gasteiger partial charge on any atom is 0.147 e. The van der Waals surface area contributed by atoms with Gasteiger partial charge in [-0.2, -0.15) is 0 Å². The van der Waals surface area contributed by atoms with Gasteiger partial charge in [0.2, 0.25) is 0 Å². The topological polar surface area (TPSA) is 46.2 Å². The first-order valence-electron chi connectivity index (χ1n) is 5.50. The molecule has 0 fully saturated rings. The largest absolute Gasteiger partial charge is 0.306 e. The quantitative estimate of drug-likeness (QED) is 0.629. The van der Waals surface area contributed by atoms with E-state index in [1.807, 2.05) is 30.3 Å². The Morgan fingerprint density at radius 1 is 1.24 bits per heavy atom. The van der Waals surface area contributed by atoms with Crippen molar-refractivity contribution in [3.8, 4) is 11.8 Å². The van der Waals surface area contributed by atoms with E-state index >= 15 is 0 Å². The van der Waals surface area contributed by atoms with Crippen LogP contribution in [0.25, 0.3) is 0 Å². The van der Waals surface area contributed by atoms with E-state index in [0.29, 0.717) is 19.5 Å². The van der Waals surface area contributed by atoms with Crippen LogP contribution in [0.4, 0.5) is 0 Å². The van der Waals surface area contributed by atoms with Crippen LogP contribution in [-0.4, -0.2) is 33.5 Å². The number of sulfone groups is 1. The fourth-order valence-corrected chi connectivity index (χ4v) is 1.95. The van der Waals surface area contributed by atoms with Crippen molar-refractivity contribution in [2.45, 2.75) is 6.42 Å². The summed E-state index contributed by atoms with van der Waals surface area (Å²) in [6.07, 6.45) is 1.88. The maximum atomic E-state index is 10.8. The van der Waals surface area contributed by atoms with Gasteiger partial charge in [0.1, 0.15) is 9.84 Å². The normalized spacial score (nSPS) is 10.6. The third kappa shape index (κ3) is 7.56. The Bertz CT molecular complexity index is 483. The Labute approximate surface area is 103 Å². The molecule has 0 aliphatic rings. The average molecular weight is 251 g/mol. The van der Waals surface area contributed by atoms with Gasteiger partial charge in [0.05, 0.1) is 12.3 Å². The molecule has 1 aromatic rings. The minimum atomic E-state index is -2.84. The second-order valence-electron chi connectivity index (χ2n) is 3.83. The van der Waals surface area contributed by atoms with Crippen LogP contribution in [0.15, 0.2) is 30.3 Å². The molecule has 4 heteroatoms. The van der Waals surface area contributed by atoms with E-state index in [-0.39, 0.29) is 5.75 Å². The van der Waals surface area contributed by atoms with E-state index in [2.05, 4.69) is 17.2 Å². The zero-order chi connectivity index (χ0) is 12.6. The summed E-state index contributed by atoms with van der Waals surface area (Å²) in [5, 5.41) is 3.09. The lowest BCUT2D eigenvalue weighted by molar-refractivity contribution is 0.597. The molecule has 0 saturated heterocycles. The second kappa shape index (κ2) is 7.10. The Balaban J connectivity index is 2.15. The number of benzene rings is 1. The molecule has 0 radical (unpaired) electrons. The molecule has 0 unspecified atom stereocenters. The van der Waals surface area contributed by atoms with Crippen LogP contribution in [0.2, 0.25) is 0 Å². The Morgan fingerprint density at radius 2 is 1.94 bits per heavy atom. The highest BCUT2D eigenvalue weighted by Crippen LogP contribution is 1.94.